The summed E-state index contributed by atoms with van der Waals surface area (Å²) in [5, 5.41) is -0.554. The van der Waals surface area contributed by atoms with Gasteiger partial charge in [0.15, 0.2) is 5.78 Å². The first kappa shape index (κ1) is 30.1. The number of hydrogen-bond acceptors (Lipinski definition) is 3. The summed E-state index contributed by atoms with van der Waals surface area (Å²) in [6, 6.07) is 39.6. The van der Waals surface area contributed by atoms with E-state index in [0.717, 1.165) is 17.0 Å². The number of carbonyl (C=O) groups excluding carboxylic acids is 3. The van der Waals surface area contributed by atoms with E-state index in [4.69, 9.17) is 11.6 Å². The van der Waals surface area contributed by atoms with Crippen LogP contribution in [0.15, 0.2) is 140 Å². The van der Waals surface area contributed by atoms with Crippen LogP contribution in [0.5, 0.6) is 0 Å². The third kappa shape index (κ3) is 3.82. The fourth-order valence-electron chi connectivity index (χ4n) is 8.46. The predicted octanol–water partition coefficient (Wildman–Crippen LogP) is 8.55. The molecule has 2 amide bonds. The van der Waals surface area contributed by atoms with E-state index in [1.807, 2.05) is 60.7 Å². The van der Waals surface area contributed by atoms with Gasteiger partial charge in [0.2, 0.25) is 11.8 Å². The highest BCUT2D eigenvalue weighted by molar-refractivity contribution is 6.39. The Hall–Kier alpha value is -5.27. The molecule has 48 heavy (non-hydrogen) atoms. The largest absolute Gasteiger partial charge is 0.417 e. The molecular weight excluding hydrogens is 635 g/mol. The summed E-state index contributed by atoms with van der Waals surface area (Å²) in [7, 11) is 0. The Morgan fingerprint density at radius 3 is 1.35 bits per heavy atom. The summed E-state index contributed by atoms with van der Waals surface area (Å²) in [5.74, 6) is -4.30. The van der Waals surface area contributed by atoms with Crippen LogP contribution < -0.4 is 4.90 Å². The highest BCUT2D eigenvalue weighted by atomic mass is 35.5. The van der Waals surface area contributed by atoms with Crippen molar-refractivity contribution >= 4 is 46.0 Å². The van der Waals surface area contributed by atoms with Crippen LogP contribution in [0.2, 0.25) is 5.02 Å². The zero-order chi connectivity index (χ0) is 33.4. The molecule has 8 heteroatoms. The zero-order valence-electron chi connectivity index (χ0n) is 25.1. The van der Waals surface area contributed by atoms with Gasteiger partial charge >= 0.3 is 6.18 Å². The molecule has 3 aliphatic rings. The van der Waals surface area contributed by atoms with E-state index in [2.05, 4.69) is 0 Å². The summed E-state index contributed by atoms with van der Waals surface area (Å²) in [6.45, 7) is 0. The van der Waals surface area contributed by atoms with E-state index < -0.39 is 51.2 Å². The number of hydrogen-bond donors (Lipinski definition) is 0. The minimum atomic E-state index is -4.83. The minimum Gasteiger partial charge on any atom is -0.297 e. The van der Waals surface area contributed by atoms with Crippen LogP contribution >= 0.6 is 11.6 Å². The molecule has 1 aliphatic heterocycles. The van der Waals surface area contributed by atoms with Crippen LogP contribution in [0.3, 0.4) is 0 Å². The van der Waals surface area contributed by atoms with Crippen molar-refractivity contribution < 1.29 is 27.6 Å². The number of Topliss-reactive ketones (excluding diaryl/α,β-unsaturated/α-hetero) is 1. The fourth-order valence-corrected chi connectivity index (χ4v) is 8.68. The third-order valence-electron chi connectivity index (χ3n) is 10.1. The summed E-state index contributed by atoms with van der Waals surface area (Å²) in [4.78, 5) is 46.6. The number of fused-ring (bicyclic) bond motifs is 5. The Balaban J connectivity index is 1.52. The number of rotatable bonds is 5. The lowest BCUT2D eigenvalue weighted by Crippen LogP contribution is -2.45. The molecule has 0 aromatic heterocycles. The van der Waals surface area contributed by atoms with E-state index in [1.165, 1.54) is 6.07 Å². The summed E-state index contributed by atoms with van der Waals surface area (Å²) in [5.41, 5.74) is -1.06. The van der Waals surface area contributed by atoms with Crippen molar-refractivity contribution in [2.24, 2.45) is 11.8 Å². The number of halogens is 4. The molecule has 0 radical (unpaired) electrons. The monoisotopic (exact) mass is 659 g/mol. The molecule has 2 fully saturated rings. The van der Waals surface area contributed by atoms with Crippen molar-refractivity contribution in [1.82, 2.24) is 0 Å². The molecule has 2 bridgehead atoms. The number of ketones is 1. The van der Waals surface area contributed by atoms with Gasteiger partial charge in [0.1, 0.15) is 0 Å². The van der Waals surface area contributed by atoms with E-state index in [1.54, 1.807) is 60.7 Å². The van der Waals surface area contributed by atoms with E-state index in [0.29, 0.717) is 33.4 Å². The lowest BCUT2D eigenvalue weighted by molar-refractivity contribution is -0.137. The summed E-state index contributed by atoms with van der Waals surface area (Å²) < 4.78 is 42.1. The molecule has 0 unspecified atom stereocenters. The number of anilines is 1. The van der Waals surface area contributed by atoms with Gasteiger partial charge in [-0.3, -0.25) is 14.4 Å². The first-order chi connectivity index (χ1) is 23.1. The van der Waals surface area contributed by atoms with Gasteiger partial charge in [0.25, 0.3) is 0 Å². The molecule has 4 nitrogen and oxygen atoms in total. The number of imide groups is 1. The first-order valence-electron chi connectivity index (χ1n) is 15.4. The molecule has 236 valence electrons. The van der Waals surface area contributed by atoms with Crippen LogP contribution in [0, 0.1) is 11.8 Å². The van der Waals surface area contributed by atoms with Gasteiger partial charge in [0.05, 0.1) is 38.9 Å². The molecule has 2 aliphatic carbocycles. The lowest BCUT2D eigenvalue weighted by atomic mass is 9.59. The standard InChI is InChI=1S/C40H25ClF3NO3/c41-30-22-21-28(23-29(30)40(42,43)44)45-35(46)33-34(36(45)47)39(27-19-11-4-12-20-27)32(25-15-7-2-8-16-25)31(24-13-5-1-6-14-24)38(33,37(39)48)26-17-9-3-10-18-26/h1-23,33-34H/t33-,34+,38-,39+. The van der Waals surface area contributed by atoms with Crippen LogP contribution in [0.4, 0.5) is 18.9 Å². The van der Waals surface area contributed by atoms with Crippen molar-refractivity contribution in [3.8, 4) is 0 Å². The van der Waals surface area contributed by atoms with Gasteiger partial charge in [-0.2, -0.15) is 13.2 Å². The van der Waals surface area contributed by atoms with Gasteiger partial charge in [-0.05, 0) is 51.6 Å². The van der Waals surface area contributed by atoms with Gasteiger partial charge in [-0.15, -0.1) is 0 Å². The first-order valence-corrected chi connectivity index (χ1v) is 15.8. The van der Waals surface area contributed by atoms with Crippen LogP contribution in [0.25, 0.3) is 11.1 Å². The number of benzene rings is 5. The van der Waals surface area contributed by atoms with Crippen molar-refractivity contribution in [3.05, 3.63) is 172 Å². The third-order valence-corrected chi connectivity index (χ3v) is 10.4. The Labute approximate surface area is 279 Å². The predicted molar refractivity (Wildman–Crippen MR) is 177 cm³/mol. The molecule has 0 spiro atoms. The van der Waals surface area contributed by atoms with Gasteiger partial charge in [-0.25, -0.2) is 4.90 Å². The van der Waals surface area contributed by atoms with E-state index in [9.17, 15) is 22.8 Å². The number of alkyl halides is 3. The Morgan fingerprint density at radius 1 is 0.562 bits per heavy atom. The molecule has 1 saturated carbocycles. The number of carbonyl (C=O) groups is 3. The molecule has 5 aromatic carbocycles. The molecule has 4 atom stereocenters. The SMILES string of the molecule is O=C1[C@@H]2[C@H](C(=O)N1c1ccc(Cl)c(C(F)(F)F)c1)[C@]1(c3ccccc3)C(=O)[C@@]2(c2ccccc2)C(c2ccccc2)=C1c1ccccc1. The van der Waals surface area contributed by atoms with Crippen LogP contribution in [0.1, 0.15) is 27.8 Å². The van der Waals surface area contributed by atoms with Crippen LogP contribution in [-0.2, 0) is 31.4 Å². The highest BCUT2D eigenvalue weighted by Crippen LogP contribution is 2.74. The van der Waals surface area contributed by atoms with E-state index >= 15 is 4.79 Å². The second-order valence-corrected chi connectivity index (χ2v) is 12.7. The molecule has 0 N–H and O–H groups in total. The fraction of sp³-hybridized carbons (Fsp3) is 0.125. The van der Waals surface area contributed by atoms with Crippen molar-refractivity contribution in [1.29, 1.82) is 0 Å². The highest BCUT2D eigenvalue weighted by Gasteiger charge is 2.82. The maximum atomic E-state index is 15.8. The van der Waals surface area contributed by atoms with Gasteiger partial charge in [0, 0.05) is 0 Å². The normalized spacial score (nSPS) is 24.8. The number of allylic oxidation sites excluding steroid dienone is 2. The van der Waals surface area contributed by atoms with Crippen molar-refractivity contribution in [2.75, 3.05) is 4.90 Å². The number of amides is 2. The quantitative estimate of drug-likeness (QED) is 0.178. The minimum absolute atomic E-state index is 0.253. The van der Waals surface area contributed by atoms with E-state index in [-0.39, 0.29) is 11.5 Å². The molecule has 5 aromatic rings. The Kier molecular flexibility index (Phi) is 6.66. The maximum absolute atomic E-state index is 15.8. The Bertz CT molecular complexity index is 2030. The summed E-state index contributed by atoms with van der Waals surface area (Å²) >= 11 is 5.95. The van der Waals surface area contributed by atoms with Crippen molar-refractivity contribution in [3.63, 3.8) is 0 Å². The Morgan fingerprint density at radius 2 is 0.958 bits per heavy atom. The average molecular weight is 660 g/mol. The molecule has 1 saturated heterocycles. The van der Waals surface area contributed by atoms with Crippen LogP contribution in [-0.4, -0.2) is 17.6 Å². The van der Waals surface area contributed by atoms with Gasteiger partial charge < -0.3 is 0 Å². The second-order valence-electron chi connectivity index (χ2n) is 12.3. The maximum Gasteiger partial charge on any atom is 0.417 e. The lowest BCUT2D eigenvalue weighted by Gasteiger charge is -2.39. The average Bonchev–Trinajstić information content (AvgIpc) is 3.61. The van der Waals surface area contributed by atoms with Crippen molar-refractivity contribution in [2.45, 2.75) is 17.0 Å². The number of nitrogens with zero attached hydrogens (tertiary/aromatic N) is 1. The molecule has 8 rings (SSSR count). The molecule has 1 heterocycles. The second kappa shape index (κ2) is 10.6. The molecular formula is C40H25ClF3NO3. The summed E-state index contributed by atoms with van der Waals surface area (Å²) in [6.07, 6.45) is -4.83. The smallest absolute Gasteiger partial charge is 0.297 e. The van der Waals surface area contributed by atoms with Gasteiger partial charge in [-0.1, -0.05) is 133 Å². The topological polar surface area (TPSA) is 54.5 Å². The zero-order valence-corrected chi connectivity index (χ0v) is 25.9.